The number of halogens is 1. The minimum atomic E-state index is -0.278. The maximum atomic E-state index is 13.1. The van der Waals surface area contributed by atoms with Gasteiger partial charge < -0.3 is 4.90 Å². The second-order valence-corrected chi connectivity index (χ2v) is 5.21. The van der Waals surface area contributed by atoms with Crippen molar-refractivity contribution in [1.29, 1.82) is 0 Å². The second kappa shape index (κ2) is 5.60. The molecular weight excluding hydrogens is 281 g/mol. The summed E-state index contributed by atoms with van der Waals surface area (Å²) >= 11 is 0. The summed E-state index contributed by atoms with van der Waals surface area (Å²) in [5.41, 5.74) is 2.67. The smallest absolute Gasteiger partial charge is 0.223 e. The van der Waals surface area contributed by atoms with Crippen molar-refractivity contribution in [2.75, 3.05) is 0 Å². The maximum absolute atomic E-state index is 13.1. The Kier molecular flexibility index (Phi) is 3.63. The molecule has 1 aliphatic heterocycles. The highest BCUT2D eigenvalue weighted by atomic mass is 19.1. The topological polar surface area (TPSA) is 38.1 Å². The van der Waals surface area contributed by atoms with Crippen LogP contribution in [-0.4, -0.2) is 26.6 Å². The molecule has 0 N–H and O–H groups in total. The number of benzene rings is 1. The molecule has 2 aromatic rings. The first-order valence-electron chi connectivity index (χ1n) is 7.05. The summed E-state index contributed by atoms with van der Waals surface area (Å²) in [6, 6.07) is 8.07. The van der Waals surface area contributed by atoms with Crippen LogP contribution in [0.5, 0.6) is 0 Å². The van der Waals surface area contributed by atoms with Gasteiger partial charge in [0, 0.05) is 13.1 Å². The Morgan fingerprint density at radius 3 is 2.59 bits per heavy atom. The Balaban J connectivity index is 1.96. The zero-order chi connectivity index (χ0) is 15.7. The van der Waals surface area contributed by atoms with Gasteiger partial charge in [-0.3, -0.25) is 4.79 Å². The van der Waals surface area contributed by atoms with Crippen molar-refractivity contribution in [3.05, 3.63) is 66.4 Å². The molecule has 3 rings (SSSR count). The van der Waals surface area contributed by atoms with Gasteiger partial charge in [-0.1, -0.05) is 6.08 Å². The van der Waals surface area contributed by atoms with Crippen LogP contribution >= 0.6 is 0 Å². The Hall–Kier alpha value is -2.69. The highest BCUT2D eigenvalue weighted by Crippen LogP contribution is 2.24. The van der Waals surface area contributed by atoms with Crippen LogP contribution in [0.15, 0.2) is 54.9 Å². The highest BCUT2D eigenvalue weighted by Gasteiger charge is 2.18. The molecular formula is C17H16FN3O. The van der Waals surface area contributed by atoms with Gasteiger partial charge in [0.1, 0.15) is 5.82 Å². The van der Waals surface area contributed by atoms with Gasteiger partial charge in [-0.25, -0.2) is 9.07 Å². The number of hydrogen-bond donors (Lipinski definition) is 0. The molecule has 22 heavy (non-hydrogen) atoms. The lowest BCUT2D eigenvalue weighted by molar-refractivity contribution is -0.127. The van der Waals surface area contributed by atoms with E-state index in [-0.39, 0.29) is 17.8 Å². The predicted octanol–water partition coefficient (Wildman–Crippen LogP) is 3.16. The van der Waals surface area contributed by atoms with Gasteiger partial charge in [0.2, 0.25) is 5.91 Å². The monoisotopic (exact) mass is 297 g/mol. The number of amides is 1. The lowest BCUT2D eigenvalue weighted by atomic mass is 10.1. The molecule has 0 fully saturated rings. The first-order chi connectivity index (χ1) is 10.6. The first-order valence-corrected chi connectivity index (χ1v) is 7.05. The highest BCUT2D eigenvalue weighted by molar-refractivity contribution is 5.80. The Bertz CT molecular complexity index is 758. The van der Waals surface area contributed by atoms with E-state index in [0.29, 0.717) is 0 Å². The average Bonchev–Trinajstić information content (AvgIpc) is 2.97. The van der Waals surface area contributed by atoms with Gasteiger partial charge in [-0.05, 0) is 48.9 Å². The molecule has 112 valence electrons. The van der Waals surface area contributed by atoms with Crippen LogP contribution in [0, 0.1) is 5.82 Å². The molecule has 1 atom stereocenters. The van der Waals surface area contributed by atoms with Gasteiger partial charge >= 0.3 is 0 Å². The average molecular weight is 297 g/mol. The van der Waals surface area contributed by atoms with Crippen LogP contribution < -0.4 is 0 Å². The number of nitrogens with zero attached hydrogens (tertiary/aromatic N) is 3. The largest absolute Gasteiger partial charge is 0.313 e. The normalized spacial score (nSPS) is 17.5. The van der Waals surface area contributed by atoms with E-state index in [0.717, 1.165) is 17.0 Å². The summed E-state index contributed by atoms with van der Waals surface area (Å²) < 4.78 is 14.8. The van der Waals surface area contributed by atoms with E-state index in [1.165, 1.54) is 12.1 Å². The molecule has 0 saturated carbocycles. The summed E-state index contributed by atoms with van der Waals surface area (Å²) in [5, 5.41) is 4.31. The molecule has 1 aromatic heterocycles. The molecule has 0 aliphatic carbocycles. The molecule has 4 nitrogen and oxygen atoms in total. The van der Waals surface area contributed by atoms with Crippen LogP contribution in [0.2, 0.25) is 0 Å². The lowest BCUT2D eigenvalue weighted by Crippen LogP contribution is -2.32. The van der Waals surface area contributed by atoms with Crippen LogP contribution in [0.25, 0.3) is 11.3 Å². The summed E-state index contributed by atoms with van der Waals surface area (Å²) in [6.45, 7) is 3.51. The SMILES string of the molecule is CC(=O)N1C=CC(c2ccnn2-c2ccc(F)cc2)=CC1C. The van der Waals surface area contributed by atoms with Crippen LogP contribution in [-0.2, 0) is 4.79 Å². The van der Waals surface area contributed by atoms with E-state index in [1.807, 2.05) is 25.1 Å². The second-order valence-electron chi connectivity index (χ2n) is 5.21. The quantitative estimate of drug-likeness (QED) is 0.854. The zero-order valence-electron chi connectivity index (χ0n) is 12.4. The number of rotatable bonds is 2. The molecule has 1 amide bonds. The molecule has 1 unspecified atom stereocenters. The third-order valence-electron chi connectivity index (χ3n) is 3.65. The third-order valence-corrected chi connectivity index (χ3v) is 3.65. The summed E-state index contributed by atoms with van der Waals surface area (Å²) in [5.74, 6) is -0.272. The summed E-state index contributed by atoms with van der Waals surface area (Å²) in [6.07, 6.45) is 7.39. The van der Waals surface area contributed by atoms with Gasteiger partial charge in [0.15, 0.2) is 0 Å². The van der Waals surface area contributed by atoms with E-state index in [1.54, 1.807) is 41.0 Å². The fourth-order valence-corrected chi connectivity index (χ4v) is 2.56. The van der Waals surface area contributed by atoms with Crippen molar-refractivity contribution >= 4 is 11.5 Å². The van der Waals surface area contributed by atoms with Crippen molar-refractivity contribution in [3.63, 3.8) is 0 Å². The molecule has 1 aromatic carbocycles. The van der Waals surface area contributed by atoms with E-state index >= 15 is 0 Å². The van der Waals surface area contributed by atoms with Crippen molar-refractivity contribution in [2.45, 2.75) is 19.9 Å². The number of allylic oxidation sites excluding steroid dienone is 2. The fourth-order valence-electron chi connectivity index (χ4n) is 2.56. The number of carbonyl (C=O) groups excluding carboxylic acids is 1. The van der Waals surface area contributed by atoms with Crippen molar-refractivity contribution < 1.29 is 9.18 Å². The number of carbonyl (C=O) groups is 1. The number of hydrogen-bond acceptors (Lipinski definition) is 2. The molecule has 1 aliphatic rings. The van der Waals surface area contributed by atoms with Gasteiger partial charge in [-0.2, -0.15) is 5.10 Å². The Morgan fingerprint density at radius 1 is 1.23 bits per heavy atom. The first kappa shape index (κ1) is 14.3. The van der Waals surface area contributed by atoms with E-state index in [2.05, 4.69) is 5.10 Å². The molecule has 2 heterocycles. The molecule has 0 bridgehead atoms. The fraction of sp³-hybridized carbons (Fsp3) is 0.176. The lowest BCUT2D eigenvalue weighted by Gasteiger charge is -2.26. The van der Waals surface area contributed by atoms with E-state index in [4.69, 9.17) is 0 Å². The van der Waals surface area contributed by atoms with Crippen molar-refractivity contribution in [3.8, 4) is 5.69 Å². The van der Waals surface area contributed by atoms with E-state index in [9.17, 15) is 9.18 Å². The molecule has 0 radical (unpaired) electrons. The minimum Gasteiger partial charge on any atom is -0.313 e. The van der Waals surface area contributed by atoms with Crippen molar-refractivity contribution in [2.24, 2.45) is 0 Å². The maximum Gasteiger partial charge on any atom is 0.223 e. The molecule has 0 saturated heterocycles. The molecule has 5 heteroatoms. The molecule has 0 spiro atoms. The van der Waals surface area contributed by atoms with E-state index < -0.39 is 0 Å². The summed E-state index contributed by atoms with van der Waals surface area (Å²) in [4.78, 5) is 13.2. The third kappa shape index (κ3) is 2.57. The van der Waals surface area contributed by atoms with Crippen LogP contribution in [0.4, 0.5) is 4.39 Å². The minimum absolute atomic E-state index is 0.00564. The van der Waals surface area contributed by atoms with Gasteiger partial charge in [-0.15, -0.1) is 0 Å². The zero-order valence-corrected chi connectivity index (χ0v) is 12.4. The summed E-state index contributed by atoms with van der Waals surface area (Å²) in [7, 11) is 0. The van der Waals surface area contributed by atoms with Crippen LogP contribution in [0.3, 0.4) is 0 Å². The van der Waals surface area contributed by atoms with Crippen molar-refractivity contribution in [1.82, 2.24) is 14.7 Å². The number of aromatic nitrogens is 2. The predicted molar refractivity (Wildman–Crippen MR) is 82.6 cm³/mol. The van der Waals surface area contributed by atoms with Crippen LogP contribution in [0.1, 0.15) is 19.5 Å². The van der Waals surface area contributed by atoms with Gasteiger partial charge in [0.05, 0.1) is 23.6 Å². The Labute approximate surface area is 128 Å². The Morgan fingerprint density at radius 2 is 1.95 bits per heavy atom. The standard InChI is InChI=1S/C17H16FN3O/c1-12-11-14(8-10-20(12)13(2)22)17-7-9-19-21(17)16-5-3-15(18)4-6-16/h3-12H,1-2H3. The van der Waals surface area contributed by atoms with Gasteiger partial charge in [0.25, 0.3) is 0 Å².